The molecule has 0 atom stereocenters. The highest BCUT2D eigenvalue weighted by Crippen LogP contribution is 2.34. The number of carbonyl (C=O) groups excluding carboxylic acids is 1. The number of para-hydroxylation sites is 1. The zero-order valence-corrected chi connectivity index (χ0v) is 11.5. The Morgan fingerprint density at radius 2 is 2.11 bits per heavy atom. The SMILES string of the molecule is O=C(Cc1cccs1)N1CCSc2ccccc21. The number of thiophene rings is 1. The van der Waals surface area contributed by atoms with Crippen LogP contribution in [0.5, 0.6) is 0 Å². The van der Waals surface area contributed by atoms with Crippen LogP contribution >= 0.6 is 23.1 Å². The van der Waals surface area contributed by atoms with Gasteiger partial charge in [0.25, 0.3) is 0 Å². The van der Waals surface area contributed by atoms with Crippen LogP contribution in [0.3, 0.4) is 0 Å². The number of carbonyl (C=O) groups is 1. The maximum absolute atomic E-state index is 12.4. The topological polar surface area (TPSA) is 20.3 Å². The van der Waals surface area contributed by atoms with Gasteiger partial charge in [0.05, 0.1) is 12.1 Å². The van der Waals surface area contributed by atoms with Crippen LogP contribution in [0.4, 0.5) is 5.69 Å². The Kier molecular flexibility index (Phi) is 3.39. The van der Waals surface area contributed by atoms with Gasteiger partial charge in [-0.25, -0.2) is 0 Å². The van der Waals surface area contributed by atoms with Gasteiger partial charge in [-0.1, -0.05) is 18.2 Å². The van der Waals surface area contributed by atoms with Crippen molar-refractivity contribution in [3.63, 3.8) is 0 Å². The van der Waals surface area contributed by atoms with E-state index in [0.29, 0.717) is 6.42 Å². The Balaban J connectivity index is 1.83. The summed E-state index contributed by atoms with van der Waals surface area (Å²) < 4.78 is 0. The molecule has 1 aromatic carbocycles. The van der Waals surface area contributed by atoms with Gasteiger partial charge in [0, 0.05) is 22.1 Å². The minimum atomic E-state index is 0.199. The monoisotopic (exact) mass is 275 g/mol. The number of anilines is 1. The van der Waals surface area contributed by atoms with Crippen molar-refractivity contribution in [2.45, 2.75) is 11.3 Å². The number of benzene rings is 1. The van der Waals surface area contributed by atoms with Crippen molar-refractivity contribution >= 4 is 34.7 Å². The maximum Gasteiger partial charge on any atom is 0.232 e. The van der Waals surface area contributed by atoms with Crippen LogP contribution in [0.15, 0.2) is 46.7 Å². The Morgan fingerprint density at radius 1 is 1.22 bits per heavy atom. The van der Waals surface area contributed by atoms with Crippen molar-refractivity contribution in [2.24, 2.45) is 0 Å². The molecule has 0 unspecified atom stereocenters. The van der Waals surface area contributed by atoms with Crippen LogP contribution in [0, 0.1) is 0 Å². The van der Waals surface area contributed by atoms with Crippen molar-refractivity contribution in [2.75, 3.05) is 17.2 Å². The minimum absolute atomic E-state index is 0.199. The lowest BCUT2D eigenvalue weighted by Crippen LogP contribution is -2.36. The highest BCUT2D eigenvalue weighted by atomic mass is 32.2. The van der Waals surface area contributed by atoms with Crippen LogP contribution in [-0.2, 0) is 11.2 Å². The summed E-state index contributed by atoms with van der Waals surface area (Å²) in [5.74, 6) is 1.18. The van der Waals surface area contributed by atoms with Crippen molar-refractivity contribution in [1.82, 2.24) is 0 Å². The summed E-state index contributed by atoms with van der Waals surface area (Å²) in [5, 5.41) is 2.02. The molecule has 92 valence electrons. The lowest BCUT2D eigenvalue weighted by molar-refractivity contribution is -0.117. The molecule has 4 heteroatoms. The molecule has 2 heterocycles. The van der Waals surface area contributed by atoms with Gasteiger partial charge in [-0.15, -0.1) is 23.1 Å². The van der Waals surface area contributed by atoms with Gasteiger partial charge in [-0.3, -0.25) is 4.79 Å². The largest absolute Gasteiger partial charge is 0.310 e. The second-order valence-electron chi connectivity index (χ2n) is 4.12. The van der Waals surface area contributed by atoms with Gasteiger partial charge in [-0.2, -0.15) is 0 Å². The van der Waals surface area contributed by atoms with Crippen LogP contribution in [0.25, 0.3) is 0 Å². The van der Waals surface area contributed by atoms with Gasteiger partial charge in [0.2, 0.25) is 5.91 Å². The molecule has 0 saturated heterocycles. The quantitative estimate of drug-likeness (QED) is 0.837. The van der Waals surface area contributed by atoms with E-state index in [4.69, 9.17) is 0 Å². The zero-order chi connectivity index (χ0) is 12.4. The molecule has 0 saturated carbocycles. The second kappa shape index (κ2) is 5.16. The normalized spacial score (nSPS) is 14.3. The van der Waals surface area contributed by atoms with E-state index in [2.05, 4.69) is 6.07 Å². The van der Waals surface area contributed by atoms with E-state index in [0.717, 1.165) is 22.9 Å². The first-order valence-electron chi connectivity index (χ1n) is 5.89. The molecule has 1 aliphatic heterocycles. The fraction of sp³-hybridized carbons (Fsp3) is 0.214. The van der Waals surface area contributed by atoms with Gasteiger partial charge >= 0.3 is 0 Å². The molecule has 0 radical (unpaired) electrons. The van der Waals surface area contributed by atoms with Crippen LogP contribution in [0.2, 0.25) is 0 Å². The summed E-state index contributed by atoms with van der Waals surface area (Å²) >= 11 is 3.47. The number of fused-ring (bicyclic) bond motifs is 1. The molecule has 0 spiro atoms. The molecular weight excluding hydrogens is 262 g/mol. The van der Waals surface area contributed by atoms with Gasteiger partial charge in [-0.05, 0) is 23.6 Å². The van der Waals surface area contributed by atoms with E-state index in [9.17, 15) is 4.79 Å². The summed E-state index contributed by atoms with van der Waals surface area (Å²) in [4.78, 5) is 16.6. The second-order valence-corrected chi connectivity index (χ2v) is 6.29. The van der Waals surface area contributed by atoms with E-state index in [1.54, 1.807) is 11.3 Å². The lowest BCUT2D eigenvalue weighted by Gasteiger charge is -2.28. The van der Waals surface area contributed by atoms with E-state index in [-0.39, 0.29) is 5.91 Å². The van der Waals surface area contributed by atoms with Crippen LogP contribution in [-0.4, -0.2) is 18.2 Å². The fourth-order valence-electron chi connectivity index (χ4n) is 2.09. The highest BCUT2D eigenvalue weighted by molar-refractivity contribution is 7.99. The summed E-state index contributed by atoms with van der Waals surface area (Å²) in [6, 6.07) is 12.2. The molecule has 0 aliphatic carbocycles. The van der Waals surface area contributed by atoms with Crippen molar-refractivity contribution in [3.05, 3.63) is 46.7 Å². The predicted molar refractivity (Wildman–Crippen MR) is 77.5 cm³/mol. The van der Waals surface area contributed by atoms with Gasteiger partial charge in [0.1, 0.15) is 0 Å². The van der Waals surface area contributed by atoms with Gasteiger partial charge in [0.15, 0.2) is 0 Å². The number of hydrogen-bond donors (Lipinski definition) is 0. The number of nitrogens with zero attached hydrogens (tertiary/aromatic N) is 1. The fourth-order valence-corrected chi connectivity index (χ4v) is 3.78. The maximum atomic E-state index is 12.4. The molecule has 1 aromatic heterocycles. The third-order valence-corrected chi connectivity index (χ3v) is 4.85. The smallest absolute Gasteiger partial charge is 0.232 e. The van der Waals surface area contributed by atoms with Crippen molar-refractivity contribution in [1.29, 1.82) is 0 Å². The van der Waals surface area contributed by atoms with Crippen molar-refractivity contribution < 1.29 is 4.79 Å². The molecule has 1 amide bonds. The molecule has 2 nitrogen and oxygen atoms in total. The molecule has 0 N–H and O–H groups in total. The average Bonchev–Trinajstić information content (AvgIpc) is 2.91. The molecule has 1 aliphatic rings. The number of rotatable bonds is 2. The third-order valence-electron chi connectivity index (χ3n) is 2.94. The Labute approximate surface area is 115 Å². The molecule has 2 aromatic rings. The van der Waals surface area contributed by atoms with Crippen molar-refractivity contribution in [3.8, 4) is 0 Å². The molecule has 3 rings (SSSR count). The first-order valence-corrected chi connectivity index (χ1v) is 7.76. The highest BCUT2D eigenvalue weighted by Gasteiger charge is 2.22. The van der Waals surface area contributed by atoms with E-state index in [1.807, 2.05) is 52.4 Å². The molecule has 0 bridgehead atoms. The predicted octanol–water partition coefficient (Wildman–Crippen LogP) is 3.43. The molecular formula is C14H13NOS2. The Hall–Kier alpha value is -1.26. The number of amides is 1. The summed E-state index contributed by atoms with van der Waals surface area (Å²) in [7, 11) is 0. The first-order chi connectivity index (χ1) is 8.84. The number of hydrogen-bond acceptors (Lipinski definition) is 3. The standard InChI is InChI=1S/C14H13NOS2/c16-14(10-11-4-3-8-17-11)15-7-9-18-13-6-2-1-5-12(13)15/h1-6,8H,7,9-10H2. The summed E-state index contributed by atoms with van der Waals surface area (Å²) in [6.45, 7) is 0.811. The molecule has 18 heavy (non-hydrogen) atoms. The minimum Gasteiger partial charge on any atom is -0.310 e. The van der Waals surface area contributed by atoms with Crippen LogP contribution < -0.4 is 4.90 Å². The molecule has 0 fully saturated rings. The Morgan fingerprint density at radius 3 is 2.94 bits per heavy atom. The summed E-state index contributed by atoms with van der Waals surface area (Å²) in [5.41, 5.74) is 1.07. The van der Waals surface area contributed by atoms with Gasteiger partial charge < -0.3 is 4.90 Å². The van der Waals surface area contributed by atoms with Crippen LogP contribution in [0.1, 0.15) is 4.88 Å². The Bertz CT molecular complexity index is 551. The number of thioether (sulfide) groups is 1. The lowest BCUT2D eigenvalue weighted by atomic mass is 10.2. The van der Waals surface area contributed by atoms with E-state index < -0.39 is 0 Å². The van der Waals surface area contributed by atoms with E-state index >= 15 is 0 Å². The average molecular weight is 275 g/mol. The zero-order valence-electron chi connectivity index (χ0n) is 9.83. The first kappa shape index (κ1) is 11.8. The van der Waals surface area contributed by atoms with E-state index in [1.165, 1.54) is 4.90 Å². The summed E-state index contributed by atoms with van der Waals surface area (Å²) in [6.07, 6.45) is 0.511. The third kappa shape index (κ3) is 2.31.